The van der Waals surface area contributed by atoms with Gasteiger partial charge in [-0.25, -0.2) is 19.7 Å². The van der Waals surface area contributed by atoms with E-state index in [9.17, 15) is 4.79 Å². The van der Waals surface area contributed by atoms with Gasteiger partial charge in [0.05, 0.1) is 11.9 Å². The number of benzene rings is 2. The van der Waals surface area contributed by atoms with Crippen molar-refractivity contribution >= 4 is 62.2 Å². The Kier molecular flexibility index (Phi) is 11.1. The highest BCUT2D eigenvalue weighted by Crippen LogP contribution is 2.46. The third-order valence-electron chi connectivity index (χ3n) is 10.1. The summed E-state index contributed by atoms with van der Waals surface area (Å²) in [5.74, 6) is 0.218. The minimum atomic E-state index is -2.38. The molecule has 0 aliphatic carbocycles. The minimum Gasteiger partial charge on any atom is -0.459 e. The van der Waals surface area contributed by atoms with Crippen molar-refractivity contribution < 1.29 is 23.1 Å². The number of nitrogens with one attached hydrogen (secondary N) is 1. The smallest absolute Gasteiger partial charge is 0.338 e. The van der Waals surface area contributed by atoms with Gasteiger partial charge in [0.25, 0.3) is 0 Å². The van der Waals surface area contributed by atoms with E-state index in [1.54, 1.807) is 24.8 Å². The Morgan fingerprint density at radius 1 is 0.898 bits per heavy atom. The van der Waals surface area contributed by atoms with Crippen LogP contribution in [0.5, 0.6) is 0 Å². The average molecular weight is 816 g/mol. The second-order valence-electron chi connectivity index (χ2n) is 15.7. The van der Waals surface area contributed by atoms with Gasteiger partial charge in [0.2, 0.25) is 0 Å². The molecule has 2 aromatic carbocycles. The number of carbonyl (C=O) groups is 1. The van der Waals surface area contributed by atoms with Gasteiger partial charge < -0.3 is 23.6 Å². The molecule has 264 valence electrons. The maximum atomic E-state index is 13.1. The van der Waals surface area contributed by atoms with Crippen LogP contribution in [0.15, 0.2) is 67.3 Å². The second-order valence-corrected chi connectivity index (χ2v) is 26.5. The molecule has 0 bridgehead atoms. The first-order valence-corrected chi connectivity index (χ1v) is 23.7. The summed E-state index contributed by atoms with van der Waals surface area (Å²) >= 11 is 2.31. The van der Waals surface area contributed by atoms with E-state index in [0.29, 0.717) is 29.1 Å². The Bertz CT molecular complexity index is 1760. The molecule has 0 unspecified atom stereocenters. The van der Waals surface area contributed by atoms with Gasteiger partial charge in [-0.2, -0.15) is 0 Å². The zero-order valence-electron chi connectivity index (χ0n) is 30.3. The Hall–Kier alpha value is -2.70. The molecule has 13 heteroatoms. The van der Waals surface area contributed by atoms with Crippen LogP contribution in [-0.2, 0) is 24.9 Å². The van der Waals surface area contributed by atoms with Crippen molar-refractivity contribution in [3.8, 4) is 0 Å². The van der Waals surface area contributed by atoms with Crippen LogP contribution in [0.4, 0.5) is 5.82 Å². The summed E-state index contributed by atoms with van der Waals surface area (Å²) in [6, 6.07) is 17.3. The van der Waals surface area contributed by atoms with Gasteiger partial charge in [0, 0.05) is 10.1 Å². The highest BCUT2D eigenvalue weighted by atomic mass is 127. The topological polar surface area (TPSA) is 110 Å². The average Bonchev–Trinajstić information content (AvgIpc) is 3.59. The Morgan fingerprint density at radius 3 is 2.18 bits per heavy atom. The molecular weight excluding hydrogens is 766 g/mol. The van der Waals surface area contributed by atoms with Crippen molar-refractivity contribution in [2.75, 3.05) is 11.9 Å². The molecule has 10 nitrogen and oxygen atoms in total. The molecule has 1 aliphatic rings. The molecule has 0 spiro atoms. The lowest BCUT2D eigenvalue weighted by Gasteiger charge is -2.44. The van der Waals surface area contributed by atoms with Crippen LogP contribution in [0.1, 0.15) is 63.7 Å². The summed E-state index contributed by atoms with van der Waals surface area (Å²) in [7, 11) is -4.74. The normalized spacial score (nSPS) is 20.5. The molecule has 0 saturated carbocycles. The van der Waals surface area contributed by atoms with E-state index >= 15 is 0 Å². The predicted octanol–water partition coefficient (Wildman–Crippen LogP) is 8.58. The fraction of sp³-hybridized carbons (Fsp3) is 0.500. The van der Waals surface area contributed by atoms with Gasteiger partial charge in [0.15, 0.2) is 39.8 Å². The summed E-state index contributed by atoms with van der Waals surface area (Å²) < 4.78 is 30.3. The molecule has 3 heterocycles. The van der Waals surface area contributed by atoms with E-state index < -0.39 is 47.1 Å². The van der Waals surface area contributed by atoms with E-state index in [2.05, 4.69) is 124 Å². The largest absolute Gasteiger partial charge is 0.459 e. The quantitative estimate of drug-likeness (QED) is 0.0905. The van der Waals surface area contributed by atoms with Crippen LogP contribution in [-0.4, -0.2) is 67.0 Å². The van der Waals surface area contributed by atoms with Gasteiger partial charge >= 0.3 is 5.97 Å². The molecule has 2 aromatic heterocycles. The van der Waals surface area contributed by atoms with Crippen LogP contribution >= 0.6 is 22.6 Å². The lowest BCUT2D eigenvalue weighted by atomic mass is 10.1. The lowest BCUT2D eigenvalue weighted by Crippen LogP contribution is -2.54. The van der Waals surface area contributed by atoms with Crippen molar-refractivity contribution in [3.63, 3.8) is 0 Å². The van der Waals surface area contributed by atoms with Crippen LogP contribution in [0.3, 0.4) is 0 Å². The SMILES string of the molecule is CC(C)(C)[Si](C)(C)O[C@@H]1[C@H](O[Si](C)(C)C(C)(C)C)[C@@H](COC(=O)c2ccccc2)O[C@H]1n1cnc2c(NCc3cccc(I)c3)ncnc21. The molecule has 1 N–H and O–H groups in total. The molecule has 1 fully saturated rings. The number of esters is 1. The van der Waals surface area contributed by atoms with Crippen LogP contribution < -0.4 is 5.32 Å². The molecular formula is C36H50IN5O5Si2. The second kappa shape index (κ2) is 14.5. The fourth-order valence-electron chi connectivity index (χ4n) is 5.18. The molecule has 1 saturated heterocycles. The maximum absolute atomic E-state index is 13.1. The van der Waals surface area contributed by atoms with E-state index in [-0.39, 0.29) is 16.7 Å². The number of hydrogen-bond donors (Lipinski definition) is 1. The summed E-state index contributed by atoms with van der Waals surface area (Å²) in [6.07, 6.45) is 1.00. The third-order valence-corrected chi connectivity index (χ3v) is 19.7. The number of imidazole rings is 1. The van der Waals surface area contributed by atoms with E-state index in [1.165, 1.54) is 3.57 Å². The number of hydrogen-bond acceptors (Lipinski definition) is 9. The molecule has 1 aliphatic heterocycles. The molecule has 5 rings (SSSR count). The van der Waals surface area contributed by atoms with Crippen molar-refractivity contribution in [3.05, 3.63) is 81.9 Å². The molecule has 4 atom stereocenters. The molecule has 0 amide bonds. The summed E-state index contributed by atoms with van der Waals surface area (Å²) in [4.78, 5) is 27.1. The fourth-order valence-corrected chi connectivity index (χ4v) is 8.40. The number of anilines is 1. The molecule has 49 heavy (non-hydrogen) atoms. The van der Waals surface area contributed by atoms with Crippen molar-refractivity contribution in [1.29, 1.82) is 0 Å². The van der Waals surface area contributed by atoms with Gasteiger partial charge in [-0.05, 0) is 88.7 Å². The van der Waals surface area contributed by atoms with Gasteiger partial charge in [-0.1, -0.05) is 71.9 Å². The Morgan fingerprint density at radius 2 is 1.55 bits per heavy atom. The first-order chi connectivity index (χ1) is 22.9. The lowest BCUT2D eigenvalue weighted by molar-refractivity contribution is -0.0548. The minimum absolute atomic E-state index is 0.00513. The molecule has 0 radical (unpaired) electrons. The number of aromatic nitrogens is 4. The molecule has 4 aromatic rings. The Labute approximate surface area is 306 Å². The monoisotopic (exact) mass is 815 g/mol. The summed E-state index contributed by atoms with van der Waals surface area (Å²) in [5.41, 5.74) is 2.86. The van der Waals surface area contributed by atoms with Crippen molar-refractivity contribution in [1.82, 2.24) is 19.5 Å². The first kappa shape index (κ1) is 37.6. The summed E-state index contributed by atoms with van der Waals surface area (Å²) in [6.45, 7) is 22.8. The number of fused-ring (bicyclic) bond motifs is 1. The zero-order valence-corrected chi connectivity index (χ0v) is 34.4. The number of halogens is 1. The third kappa shape index (κ3) is 8.44. The first-order valence-electron chi connectivity index (χ1n) is 16.8. The van der Waals surface area contributed by atoms with Crippen molar-refractivity contribution in [2.45, 2.75) is 109 Å². The highest BCUT2D eigenvalue weighted by Gasteiger charge is 2.55. The number of nitrogens with zero attached hydrogens (tertiary/aromatic N) is 4. The van der Waals surface area contributed by atoms with Gasteiger partial charge in [0.1, 0.15) is 31.2 Å². The predicted molar refractivity (Wildman–Crippen MR) is 207 cm³/mol. The van der Waals surface area contributed by atoms with Gasteiger partial charge in [-0.15, -0.1) is 0 Å². The zero-order chi connectivity index (χ0) is 35.8. The standard InChI is InChI=1S/C36H50IN5O5Si2/c1-35(2,3)48(7,8)46-29-27(21-44-34(43)25-16-12-11-13-17-25)45-33(30(29)47-49(9,10)36(4,5)6)42-23-41-28-31(39-22-40-32(28)42)38-20-24-15-14-18-26(37)19-24/h11-19,22-23,27,29-30,33H,20-21H2,1-10H3,(H,38,39,40)/t27-,29-,30-,33-/m1/s1. The van der Waals surface area contributed by atoms with Gasteiger partial charge in [-0.3, -0.25) is 4.57 Å². The number of carbonyl (C=O) groups excluding carboxylic acids is 1. The maximum Gasteiger partial charge on any atom is 0.338 e. The van der Waals surface area contributed by atoms with E-state index in [0.717, 1.165) is 5.56 Å². The number of rotatable bonds is 11. The van der Waals surface area contributed by atoms with Crippen molar-refractivity contribution in [2.24, 2.45) is 0 Å². The summed E-state index contributed by atoms with van der Waals surface area (Å²) in [5, 5.41) is 3.29. The van der Waals surface area contributed by atoms with E-state index in [1.807, 2.05) is 28.8 Å². The van der Waals surface area contributed by atoms with Crippen LogP contribution in [0.25, 0.3) is 11.2 Å². The highest BCUT2D eigenvalue weighted by molar-refractivity contribution is 14.1. The number of ether oxygens (including phenoxy) is 2. The van der Waals surface area contributed by atoms with E-state index in [4.69, 9.17) is 23.3 Å². The van der Waals surface area contributed by atoms with Crippen LogP contribution in [0, 0.1) is 3.57 Å². The Balaban J connectivity index is 1.54. The van der Waals surface area contributed by atoms with Crippen LogP contribution in [0.2, 0.25) is 36.3 Å².